The summed E-state index contributed by atoms with van der Waals surface area (Å²) in [5.74, 6) is -4.28. The third-order valence-electron chi connectivity index (χ3n) is 1.94. The molecule has 0 aromatic rings. The fourth-order valence-corrected chi connectivity index (χ4v) is 1.08. The number of carboxylic acids is 2. The summed E-state index contributed by atoms with van der Waals surface area (Å²) >= 11 is 0. The van der Waals surface area contributed by atoms with E-state index in [2.05, 4.69) is 4.99 Å². The van der Waals surface area contributed by atoms with E-state index >= 15 is 0 Å². The maximum absolute atomic E-state index is 10.7. The molecule has 1 aliphatic rings. The summed E-state index contributed by atoms with van der Waals surface area (Å²) in [5.41, 5.74) is 0.322. The lowest BCUT2D eigenvalue weighted by atomic mass is 9.88. The normalized spacial score (nSPS) is 18.4. The Balaban J connectivity index is 2.79. The second kappa shape index (κ2) is 3.38. The van der Waals surface area contributed by atoms with Crippen LogP contribution in [-0.2, 0) is 9.59 Å². The highest BCUT2D eigenvalue weighted by Gasteiger charge is 2.34. The molecule has 1 rings (SSSR count). The van der Waals surface area contributed by atoms with Crippen LogP contribution in [-0.4, -0.2) is 27.9 Å². The van der Waals surface area contributed by atoms with Crippen molar-refractivity contribution in [1.82, 2.24) is 0 Å². The van der Waals surface area contributed by atoms with Crippen molar-refractivity contribution in [3.63, 3.8) is 0 Å². The van der Waals surface area contributed by atoms with Gasteiger partial charge in [-0.15, -0.1) is 0 Å². The first kappa shape index (κ1) is 9.44. The highest BCUT2D eigenvalue weighted by molar-refractivity contribution is 6.12. The molecule has 2 N–H and O–H groups in total. The lowest BCUT2D eigenvalue weighted by molar-refractivity contribution is -0.150. The zero-order chi connectivity index (χ0) is 10.0. The average molecular weight is 183 g/mol. The quantitative estimate of drug-likeness (QED) is 0.659. The van der Waals surface area contributed by atoms with Gasteiger partial charge in [-0.3, -0.25) is 14.6 Å². The van der Waals surface area contributed by atoms with E-state index in [9.17, 15) is 9.59 Å². The smallest absolute Gasteiger partial charge is 0.313 e. The number of aliphatic carboxylic acids is 2. The Morgan fingerprint density at radius 1 is 1.38 bits per heavy atom. The van der Waals surface area contributed by atoms with E-state index in [4.69, 9.17) is 10.2 Å². The van der Waals surface area contributed by atoms with Gasteiger partial charge in [-0.05, 0) is 6.08 Å². The Hall–Kier alpha value is -1.65. The Labute approximate surface area is 74.4 Å². The summed E-state index contributed by atoms with van der Waals surface area (Å²) in [6.07, 6.45) is 2.96. The van der Waals surface area contributed by atoms with Crippen molar-refractivity contribution < 1.29 is 19.8 Å². The fraction of sp³-hybridized carbons (Fsp3) is 0.375. The molecular formula is C8H9NO4. The summed E-state index contributed by atoms with van der Waals surface area (Å²) < 4.78 is 0. The molecule has 0 aromatic carbocycles. The largest absolute Gasteiger partial charge is 0.481 e. The number of rotatable bonds is 4. The topological polar surface area (TPSA) is 87.0 Å². The maximum Gasteiger partial charge on any atom is 0.313 e. The summed E-state index contributed by atoms with van der Waals surface area (Å²) in [6.45, 7) is 1.36. The van der Waals surface area contributed by atoms with Gasteiger partial charge in [-0.2, -0.15) is 0 Å². The van der Waals surface area contributed by atoms with Gasteiger partial charge >= 0.3 is 11.9 Å². The lowest BCUT2D eigenvalue weighted by Gasteiger charge is -2.18. The second-order valence-corrected chi connectivity index (χ2v) is 2.81. The van der Waals surface area contributed by atoms with E-state index < -0.39 is 23.8 Å². The first-order valence-electron chi connectivity index (χ1n) is 3.74. The van der Waals surface area contributed by atoms with Gasteiger partial charge in [0.25, 0.3) is 0 Å². The minimum Gasteiger partial charge on any atom is -0.481 e. The summed E-state index contributed by atoms with van der Waals surface area (Å²) in [4.78, 5) is 24.9. The van der Waals surface area contributed by atoms with Gasteiger partial charge in [0, 0.05) is 6.20 Å². The summed E-state index contributed by atoms with van der Waals surface area (Å²) in [6, 6.07) is 0. The van der Waals surface area contributed by atoms with Crippen LogP contribution < -0.4 is 0 Å². The molecule has 1 aliphatic heterocycles. The Kier molecular flexibility index (Phi) is 2.46. The number of nitrogens with zero attached hydrogens (tertiary/aromatic N) is 1. The predicted octanol–water partition coefficient (Wildman–Crippen LogP) is 0.376. The van der Waals surface area contributed by atoms with Crippen molar-refractivity contribution in [2.45, 2.75) is 6.92 Å². The van der Waals surface area contributed by atoms with E-state index in [0.717, 1.165) is 0 Å². The van der Waals surface area contributed by atoms with Gasteiger partial charge in [-0.1, -0.05) is 6.92 Å². The molecule has 0 aliphatic carbocycles. The van der Waals surface area contributed by atoms with Crippen molar-refractivity contribution in [1.29, 1.82) is 0 Å². The minimum atomic E-state index is -1.15. The van der Waals surface area contributed by atoms with E-state index in [1.54, 1.807) is 0 Å². The first-order valence-corrected chi connectivity index (χ1v) is 3.74. The number of hydrogen-bond donors (Lipinski definition) is 2. The van der Waals surface area contributed by atoms with Crippen LogP contribution in [0.25, 0.3) is 0 Å². The van der Waals surface area contributed by atoms with Gasteiger partial charge < -0.3 is 10.2 Å². The number of carboxylic acid groups (broad SMARTS) is 2. The zero-order valence-corrected chi connectivity index (χ0v) is 6.97. The van der Waals surface area contributed by atoms with Crippen LogP contribution in [0.2, 0.25) is 0 Å². The minimum absolute atomic E-state index is 0.322. The lowest BCUT2D eigenvalue weighted by Crippen LogP contribution is -2.34. The molecule has 0 radical (unpaired) electrons. The SMILES string of the molecule is CC(C(=O)O)C(C(=O)O)C1=NC=C1. The zero-order valence-electron chi connectivity index (χ0n) is 6.97. The number of aliphatic imine (C=N–C) groups is 1. The maximum atomic E-state index is 10.7. The van der Waals surface area contributed by atoms with E-state index in [1.165, 1.54) is 19.2 Å². The molecule has 1 heterocycles. The number of hydrogen-bond acceptors (Lipinski definition) is 3. The van der Waals surface area contributed by atoms with E-state index in [0.29, 0.717) is 5.71 Å². The molecule has 0 spiro atoms. The van der Waals surface area contributed by atoms with Crippen LogP contribution >= 0.6 is 0 Å². The molecule has 0 saturated heterocycles. The number of carbonyl (C=O) groups is 2. The molecule has 2 atom stereocenters. The molecule has 70 valence electrons. The second-order valence-electron chi connectivity index (χ2n) is 2.81. The van der Waals surface area contributed by atoms with Gasteiger partial charge in [-0.25, -0.2) is 0 Å². The van der Waals surface area contributed by atoms with Crippen LogP contribution in [0.1, 0.15) is 6.92 Å². The molecule has 0 saturated carbocycles. The summed E-state index contributed by atoms with van der Waals surface area (Å²) in [7, 11) is 0. The average Bonchev–Trinajstić information content (AvgIpc) is 1.94. The van der Waals surface area contributed by atoms with Crippen molar-refractivity contribution in [2.24, 2.45) is 16.8 Å². The van der Waals surface area contributed by atoms with Crippen LogP contribution in [0.5, 0.6) is 0 Å². The first-order chi connectivity index (χ1) is 6.04. The van der Waals surface area contributed by atoms with Gasteiger partial charge in [0.05, 0.1) is 11.6 Å². The van der Waals surface area contributed by atoms with Crippen molar-refractivity contribution >= 4 is 17.7 Å². The Morgan fingerprint density at radius 2 is 1.92 bits per heavy atom. The molecule has 0 bridgehead atoms. The third kappa shape index (κ3) is 1.74. The van der Waals surface area contributed by atoms with Crippen LogP contribution in [0.4, 0.5) is 0 Å². The predicted molar refractivity (Wildman–Crippen MR) is 44.5 cm³/mol. The van der Waals surface area contributed by atoms with Gasteiger partial charge in [0.15, 0.2) is 0 Å². The number of allylic oxidation sites excluding steroid dienone is 1. The summed E-state index contributed by atoms with van der Waals surface area (Å²) in [5, 5.41) is 17.4. The van der Waals surface area contributed by atoms with Gasteiger partial charge in [0.2, 0.25) is 0 Å². The van der Waals surface area contributed by atoms with Crippen molar-refractivity contribution in [3.05, 3.63) is 12.3 Å². The molecule has 5 nitrogen and oxygen atoms in total. The van der Waals surface area contributed by atoms with Crippen LogP contribution in [0, 0.1) is 11.8 Å². The third-order valence-corrected chi connectivity index (χ3v) is 1.94. The van der Waals surface area contributed by atoms with E-state index in [1.807, 2.05) is 0 Å². The highest BCUT2D eigenvalue weighted by atomic mass is 16.4. The Morgan fingerprint density at radius 3 is 2.15 bits per heavy atom. The molecular weight excluding hydrogens is 174 g/mol. The monoisotopic (exact) mass is 183 g/mol. The molecule has 0 amide bonds. The van der Waals surface area contributed by atoms with Crippen molar-refractivity contribution in [2.75, 3.05) is 0 Å². The molecule has 13 heavy (non-hydrogen) atoms. The highest BCUT2D eigenvalue weighted by Crippen LogP contribution is 2.18. The van der Waals surface area contributed by atoms with Gasteiger partial charge in [0.1, 0.15) is 5.92 Å². The molecule has 0 fully saturated rings. The Bertz CT molecular complexity index is 305. The van der Waals surface area contributed by atoms with Crippen LogP contribution in [0.15, 0.2) is 17.3 Å². The van der Waals surface area contributed by atoms with E-state index in [-0.39, 0.29) is 0 Å². The van der Waals surface area contributed by atoms with Crippen LogP contribution in [0.3, 0.4) is 0 Å². The standard InChI is InChI=1S/C8H9NO4/c1-4(7(10)11)6(8(12)13)5-2-3-9-5/h2-4,6H,1H3,(H,10,11)(H,12,13). The fourth-order valence-electron chi connectivity index (χ4n) is 1.08. The molecule has 2 unspecified atom stereocenters. The van der Waals surface area contributed by atoms with Crippen molar-refractivity contribution in [3.8, 4) is 0 Å². The molecule has 0 aromatic heterocycles. The molecule has 5 heteroatoms.